The lowest BCUT2D eigenvalue weighted by Gasteiger charge is -2.12. The summed E-state index contributed by atoms with van der Waals surface area (Å²) in [5.74, 6) is 2.59. The molecule has 0 spiro atoms. The van der Waals surface area contributed by atoms with Gasteiger partial charge in [-0.15, -0.1) is 10.2 Å². The van der Waals surface area contributed by atoms with E-state index in [1.807, 2.05) is 61.7 Å². The lowest BCUT2D eigenvalue weighted by molar-refractivity contribution is 0.102. The number of aryl methyl sites for hydroxylation is 3. The number of anilines is 1. The second-order valence-electron chi connectivity index (χ2n) is 8.69. The number of benzene rings is 1. The molecule has 0 fully saturated rings. The van der Waals surface area contributed by atoms with Gasteiger partial charge in [-0.25, -0.2) is 4.98 Å². The number of rotatable bonds is 4. The van der Waals surface area contributed by atoms with Crippen molar-refractivity contribution < 1.29 is 4.79 Å². The van der Waals surface area contributed by atoms with E-state index >= 15 is 0 Å². The highest BCUT2D eigenvalue weighted by Crippen LogP contribution is 2.28. The summed E-state index contributed by atoms with van der Waals surface area (Å²) in [6.07, 6.45) is 6.24. The topological polar surface area (TPSA) is 77.6 Å². The Bertz CT molecular complexity index is 1320. The van der Waals surface area contributed by atoms with Crippen molar-refractivity contribution in [3.05, 3.63) is 77.0 Å². The van der Waals surface area contributed by atoms with Crippen LogP contribution in [-0.4, -0.2) is 30.2 Å². The van der Waals surface area contributed by atoms with Crippen molar-refractivity contribution in [1.29, 1.82) is 0 Å². The standard InChI is InChI=1S/C26H28N6O/c1-17-11-12-20(25-30-29-24-10-5-4-8-14-31(24)25)16-22(17)28-26(33)21-15-18(2)32(19(21)3)23-9-6-7-13-27-23/h6-7,9,11-13,15-16H,4-5,8,10,14H2,1-3H3,(H,28,33). The minimum Gasteiger partial charge on any atom is -0.322 e. The second kappa shape index (κ2) is 8.65. The molecule has 0 bridgehead atoms. The second-order valence-corrected chi connectivity index (χ2v) is 8.69. The number of nitrogens with one attached hydrogen (secondary N) is 1. The van der Waals surface area contributed by atoms with Crippen LogP contribution in [0.4, 0.5) is 5.69 Å². The Kier molecular flexibility index (Phi) is 5.54. The maximum Gasteiger partial charge on any atom is 0.257 e. The molecule has 168 valence electrons. The maximum absolute atomic E-state index is 13.3. The molecular formula is C26H28N6O. The molecule has 1 aliphatic rings. The molecule has 0 aliphatic carbocycles. The molecule has 0 atom stereocenters. The first-order valence-corrected chi connectivity index (χ1v) is 11.5. The Hall–Kier alpha value is -3.74. The normalized spacial score (nSPS) is 13.4. The summed E-state index contributed by atoms with van der Waals surface area (Å²) in [6.45, 7) is 6.88. The monoisotopic (exact) mass is 440 g/mol. The molecule has 33 heavy (non-hydrogen) atoms. The van der Waals surface area contributed by atoms with Crippen LogP contribution in [0.2, 0.25) is 0 Å². The molecular weight excluding hydrogens is 412 g/mol. The average Bonchev–Trinajstić information content (AvgIpc) is 3.26. The fourth-order valence-corrected chi connectivity index (χ4v) is 4.62. The van der Waals surface area contributed by atoms with Crippen LogP contribution in [0.25, 0.3) is 17.2 Å². The summed E-state index contributed by atoms with van der Waals surface area (Å²) in [6, 6.07) is 13.8. The predicted molar refractivity (Wildman–Crippen MR) is 129 cm³/mol. The summed E-state index contributed by atoms with van der Waals surface area (Å²) in [5.41, 5.74) is 5.22. The fourth-order valence-electron chi connectivity index (χ4n) is 4.62. The SMILES string of the molecule is Cc1ccc(-c2nnc3n2CCCCC3)cc1NC(=O)c1cc(C)n(-c2ccccn2)c1C. The van der Waals surface area contributed by atoms with E-state index in [-0.39, 0.29) is 5.91 Å². The first-order chi connectivity index (χ1) is 16.0. The van der Waals surface area contributed by atoms with Gasteiger partial charge >= 0.3 is 0 Å². The molecule has 7 heteroatoms. The van der Waals surface area contributed by atoms with E-state index in [0.717, 1.165) is 71.5 Å². The molecule has 0 unspecified atom stereocenters. The Morgan fingerprint density at radius 2 is 1.88 bits per heavy atom. The minimum atomic E-state index is -0.134. The number of hydrogen-bond donors (Lipinski definition) is 1. The van der Waals surface area contributed by atoms with Gasteiger partial charge in [-0.1, -0.05) is 24.6 Å². The van der Waals surface area contributed by atoms with Gasteiger partial charge in [0.1, 0.15) is 11.6 Å². The molecule has 0 saturated carbocycles. The molecule has 3 aromatic heterocycles. The van der Waals surface area contributed by atoms with Crippen LogP contribution in [0.1, 0.15) is 52.4 Å². The van der Waals surface area contributed by atoms with Gasteiger partial charge in [0.15, 0.2) is 5.82 Å². The lowest BCUT2D eigenvalue weighted by Crippen LogP contribution is -2.14. The summed E-state index contributed by atoms with van der Waals surface area (Å²) in [4.78, 5) is 17.7. The van der Waals surface area contributed by atoms with Gasteiger partial charge in [-0.05, 0) is 63.4 Å². The number of carbonyl (C=O) groups excluding carboxylic acids is 1. The molecule has 0 saturated heterocycles. The van der Waals surface area contributed by atoms with Crippen LogP contribution in [-0.2, 0) is 13.0 Å². The lowest BCUT2D eigenvalue weighted by atomic mass is 10.1. The summed E-state index contributed by atoms with van der Waals surface area (Å²) in [7, 11) is 0. The highest BCUT2D eigenvalue weighted by molar-refractivity contribution is 6.06. The number of nitrogens with zero attached hydrogens (tertiary/aromatic N) is 5. The Balaban J connectivity index is 1.45. The Morgan fingerprint density at radius 3 is 2.70 bits per heavy atom. The third-order valence-electron chi connectivity index (χ3n) is 6.41. The van der Waals surface area contributed by atoms with Gasteiger partial charge in [0.2, 0.25) is 0 Å². The van der Waals surface area contributed by atoms with Gasteiger partial charge in [0, 0.05) is 41.8 Å². The van der Waals surface area contributed by atoms with Gasteiger partial charge in [0.25, 0.3) is 5.91 Å². The van der Waals surface area contributed by atoms with E-state index in [9.17, 15) is 4.79 Å². The van der Waals surface area contributed by atoms with E-state index in [1.165, 1.54) is 6.42 Å². The zero-order chi connectivity index (χ0) is 22.9. The Labute approximate surface area is 193 Å². The summed E-state index contributed by atoms with van der Waals surface area (Å²) in [5, 5.41) is 12.0. The van der Waals surface area contributed by atoms with Crippen molar-refractivity contribution in [2.75, 3.05) is 5.32 Å². The molecule has 4 aromatic rings. The van der Waals surface area contributed by atoms with Crippen LogP contribution >= 0.6 is 0 Å². The van der Waals surface area contributed by atoms with Gasteiger partial charge < -0.3 is 14.5 Å². The van der Waals surface area contributed by atoms with E-state index in [2.05, 4.69) is 31.1 Å². The molecule has 4 heterocycles. The number of carbonyl (C=O) groups is 1. The Morgan fingerprint density at radius 1 is 1.00 bits per heavy atom. The molecule has 1 aromatic carbocycles. The third kappa shape index (κ3) is 3.95. The highest BCUT2D eigenvalue weighted by atomic mass is 16.1. The van der Waals surface area contributed by atoms with Crippen LogP contribution in [0, 0.1) is 20.8 Å². The zero-order valence-corrected chi connectivity index (χ0v) is 19.3. The van der Waals surface area contributed by atoms with E-state index in [0.29, 0.717) is 5.56 Å². The average molecular weight is 441 g/mol. The molecule has 1 aliphatic heterocycles. The first-order valence-electron chi connectivity index (χ1n) is 11.5. The summed E-state index contributed by atoms with van der Waals surface area (Å²) >= 11 is 0. The smallest absolute Gasteiger partial charge is 0.257 e. The first kappa shape index (κ1) is 21.1. The van der Waals surface area contributed by atoms with Crippen molar-refractivity contribution in [1.82, 2.24) is 24.3 Å². The molecule has 1 N–H and O–H groups in total. The van der Waals surface area contributed by atoms with Gasteiger partial charge in [0.05, 0.1) is 5.56 Å². The van der Waals surface area contributed by atoms with Gasteiger partial charge in [-0.3, -0.25) is 4.79 Å². The number of pyridine rings is 1. The van der Waals surface area contributed by atoms with Crippen molar-refractivity contribution >= 4 is 11.6 Å². The fraction of sp³-hybridized carbons (Fsp3) is 0.308. The van der Waals surface area contributed by atoms with Crippen molar-refractivity contribution in [3.8, 4) is 17.2 Å². The number of aromatic nitrogens is 5. The van der Waals surface area contributed by atoms with Crippen molar-refractivity contribution in [3.63, 3.8) is 0 Å². The number of hydrogen-bond acceptors (Lipinski definition) is 4. The molecule has 5 rings (SSSR count). The quantitative estimate of drug-likeness (QED) is 0.483. The van der Waals surface area contributed by atoms with Crippen LogP contribution < -0.4 is 5.32 Å². The minimum absolute atomic E-state index is 0.134. The predicted octanol–water partition coefficient (Wildman–Crippen LogP) is 5.03. The number of fused-ring (bicyclic) bond motifs is 1. The number of amides is 1. The molecule has 1 amide bonds. The largest absolute Gasteiger partial charge is 0.322 e. The van der Waals surface area contributed by atoms with Crippen LogP contribution in [0.5, 0.6) is 0 Å². The highest BCUT2D eigenvalue weighted by Gasteiger charge is 2.20. The van der Waals surface area contributed by atoms with Crippen LogP contribution in [0.3, 0.4) is 0 Å². The van der Waals surface area contributed by atoms with E-state index in [1.54, 1.807) is 6.20 Å². The van der Waals surface area contributed by atoms with Gasteiger partial charge in [-0.2, -0.15) is 0 Å². The van der Waals surface area contributed by atoms with Crippen molar-refractivity contribution in [2.45, 2.75) is 53.0 Å². The molecule has 0 radical (unpaired) electrons. The summed E-state index contributed by atoms with van der Waals surface area (Å²) < 4.78 is 4.23. The maximum atomic E-state index is 13.3. The third-order valence-corrected chi connectivity index (χ3v) is 6.41. The zero-order valence-electron chi connectivity index (χ0n) is 19.3. The molecule has 7 nitrogen and oxygen atoms in total. The van der Waals surface area contributed by atoms with E-state index < -0.39 is 0 Å². The van der Waals surface area contributed by atoms with Crippen LogP contribution in [0.15, 0.2) is 48.7 Å². The van der Waals surface area contributed by atoms with Crippen molar-refractivity contribution in [2.24, 2.45) is 0 Å². The van der Waals surface area contributed by atoms with E-state index in [4.69, 9.17) is 0 Å².